The normalized spacial score (nSPS) is 14.0. The fourth-order valence-electron chi connectivity index (χ4n) is 3.00. The first-order valence-electron chi connectivity index (χ1n) is 9.66. The van der Waals surface area contributed by atoms with E-state index in [4.69, 9.17) is 10.1 Å². The van der Waals surface area contributed by atoms with Crippen molar-refractivity contribution >= 4 is 65.1 Å². The minimum Gasteiger partial charge on any atom is -0.456 e. The number of hydrogen-bond donors (Lipinski definition) is 1. The van der Waals surface area contributed by atoms with Crippen LogP contribution in [0.4, 0.5) is 0 Å². The SMILES string of the molecule is CCC(C)C(C)C(C)C(=O)C(=N)C(=O)c1cc(Oc2ccc(Br)cc2Br)ccc1Br. The summed E-state index contributed by atoms with van der Waals surface area (Å²) >= 11 is 10.2. The number of carbonyl (C=O) groups is 2. The molecule has 0 bridgehead atoms. The van der Waals surface area contributed by atoms with E-state index in [0.29, 0.717) is 21.9 Å². The van der Waals surface area contributed by atoms with E-state index in [9.17, 15) is 9.59 Å². The van der Waals surface area contributed by atoms with E-state index in [2.05, 4.69) is 61.6 Å². The highest BCUT2D eigenvalue weighted by Gasteiger charge is 2.31. The maximum Gasteiger partial charge on any atom is 0.215 e. The Morgan fingerprint density at radius 3 is 2.27 bits per heavy atom. The molecule has 4 nitrogen and oxygen atoms in total. The van der Waals surface area contributed by atoms with Gasteiger partial charge in [-0.3, -0.25) is 15.0 Å². The Morgan fingerprint density at radius 2 is 1.67 bits per heavy atom. The van der Waals surface area contributed by atoms with Crippen LogP contribution in [0.15, 0.2) is 49.8 Å². The summed E-state index contributed by atoms with van der Waals surface area (Å²) in [5, 5.41) is 8.23. The van der Waals surface area contributed by atoms with E-state index >= 15 is 0 Å². The Morgan fingerprint density at radius 1 is 1.00 bits per heavy atom. The summed E-state index contributed by atoms with van der Waals surface area (Å²) in [6.45, 7) is 7.94. The lowest BCUT2D eigenvalue weighted by Crippen LogP contribution is -2.33. The van der Waals surface area contributed by atoms with Gasteiger partial charge >= 0.3 is 0 Å². The van der Waals surface area contributed by atoms with Gasteiger partial charge in [0.15, 0.2) is 5.78 Å². The van der Waals surface area contributed by atoms with E-state index in [1.54, 1.807) is 31.2 Å². The first-order valence-corrected chi connectivity index (χ1v) is 12.0. The van der Waals surface area contributed by atoms with Crippen molar-refractivity contribution in [1.82, 2.24) is 0 Å². The summed E-state index contributed by atoms with van der Waals surface area (Å²) in [5.74, 6) is 0.000468. The summed E-state index contributed by atoms with van der Waals surface area (Å²) in [7, 11) is 0. The Labute approximate surface area is 202 Å². The van der Waals surface area contributed by atoms with Crippen molar-refractivity contribution in [1.29, 1.82) is 5.41 Å². The van der Waals surface area contributed by atoms with Gasteiger partial charge in [0.05, 0.1) is 4.47 Å². The van der Waals surface area contributed by atoms with Crippen molar-refractivity contribution in [3.05, 3.63) is 55.4 Å². The number of rotatable bonds is 9. The Balaban J connectivity index is 2.25. The zero-order valence-corrected chi connectivity index (χ0v) is 22.0. The third-order valence-corrected chi connectivity index (χ3v) is 7.33. The zero-order chi connectivity index (χ0) is 22.6. The molecule has 7 heteroatoms. The number of hydrogen-bond acceptors (Lipinski definition) is 4. The average Bonchev–Trinajstić information content (AvgIpc) is 2.73. The van der Waals surface area contributed by atoms with E-state index < -0.39 is 23.2 Å². The average molecular weight is 602 g/mol. The van der Waals surface area contributed by atoms with Crippen molar-refractivity contribution in [2.45, 2.75) is 34.1 Å². The molecule has 0 aromatic heterocycles. The molecule has 2 aromatic carbocycles. The Kier molecular flexibility index (Phi) is 9.00. The molecule has 30 heavy (non-hydrogen) atoms. The van der Waals surface area contributed by atoms with Crippen LogP contribution in [-0.4, -0.2) is 17.3 Å². The highest BCUT2D eigenvalue weighted by molar-refractivity contribution is 9.11. The standard InChI is InChI=1S/C23H24Br3NO3/c1-5-12(2)13(3)14(4)22(28)21(27)23(29)17-11-16(7-8-18(17)25)30-20-9-6-15(24)10-19(20)26/h6-14,27H,5H2,1-4H3. The second kappa shape index (κ2) is 10.8. The number of halogens is 3. The second-order valence-electron chi connectivity index (χ2n) is 7.42. The van der Waals surface area contributed by atoms with E-state index in [1.807, 2.05) is 19.1 Å². The van der Waals surface area contributed by atoms with E-state index in [-0.39, 0.29) is 11.5 Å². The Hall–Kier alpha value is -1.31. The molecule has 0 aliphatic rings. The molecule has 1 N–H and O–H groups in total. The number of ketones is 2. The van der Waals surface area contributed by atoms with Crippen molar-refractivity contribution in [2.75, 3.05) is 0 Å². The van der Waals surface area contributed by atoms with Gasteiger partial charge in [-0.05, 0) is 64.2 Å². The molecule has 160 valence electrons. The van der Waals surface area contributed by atoms with Crippen LogP contribution in [-0.2, 0) is 4.79 Å². The molecule has 2 aromatic rings. The summed E-state index contributed by atoms with van der Waals surface area (Å²) in [6.07, 6.45) is 0.941. The minimum atomic E-state index is -0.615. The van der Waals surface area contributed by atoms with Crippen LogP contribution in [0, 0.1) is 23.2 Å². The van der Waals surface area contributed by atoms with Crippen LogP contribution in [0.1, 0.15) is 44.5 Å². The monoisotopic (exact) mass is 599 g/mol. The number of benzene rings is 2. The quantitative estimate of drug-likeness (QED) is 0.181. The number of Topliss-reactive ketones (excluding diaryl/α,β-unsaturated/α-hetero) is 2. The number of nitrogens with one attached hydrogen (secondary N) is 1. The molecule has 0 amide bonds. The maximum absolute atomic E-state index is 12.9. The van der Waals surface area contributed by atoms with E-state index in [0.717, 1.165) is 15.4 Å². The molecule has 2 rings (SSSR count). The molecule has 3 atom stereocenters. The fourth-order valence-corrected chi connectivity index (χ4v) is 4.56. The largest absolute Gasteiger partial charge is 0.456 e. The molecule has 0 aliphatic heterocycles. The molecular formula is C23H24Br3NO3. The Bertz CT molecular complexity index is 974. The third kappa shape index (κ3) is 5.89. The van der Waals surface area contributed by atoms with Crippen LogP contribution < -0.4 is 4.74 Å². The van der Waals surface area contributed by atoms with Gasteiger partial charge < -0.3 is 4.74 Å². The number of carbonyl (C=O) groups excluding carboxylic acids is 2. The molecule has 3 unspecified atom stereocenters. The van der Waals surface area contributed by atoms with Crippen molar-refractivity contribution in [2.24, 2.45) is 17.8 Å². The van der Waals surface area contributed by atoms with Crippen LogP contribution >= 0.6 is 47.8 Å². The number of ether oxygens (including phenoxy) is 1. The van der Waals surface area contributed by atoms with Crippen molar-refractivity contribution < 1.29 is 14.3 Å². The van der Waals surface area contributed by atoms with Gasteiger partial charge in [0.25, 0.3) is 0 Å². The topological polar surface area (TPSA) is 67.2 Å². The highest BCUT2D eigenvalue weighted by Crippen LogP contribution is 2.34. The molecule has 0 heterocycles. The highest BCUT2D eigenvalue weighted by atomic mass is 79.9. The van der Waals surface area contributed by atoms with Gasteiger partial charge in [0.1, 0.15) is 17.2 Å². The van der Waals surface area contributed by atoms with Crippen molar-refractivity contribution in [3.8, 4) is 11.5 Å². The molecular weight excluding hydrogens is 578 g/mol. The second-order valence-corrected chi connectivity index (χ2v) is 10.0. The van der Waals surface area contributed by atoms with Crippen LogP contribution in [0.3, 0.4) is 0 Å². The lowest BCUT2D eigenvalue weighted by molar-refractivity contribution is -0.117. The zero-order valence-electron chi connectivity index (χ0n) is 17.3. The summed E-state index contributed by atoms with van der Waals surface area (Å²) < 4.78 is 8.05. The lowest BCUT2D eigenvalue weighted by Gasteiger charge is -2.24. The molecule has 0 spiro atoms. The predicted molar refractivity (Wildman–Crippen MR) is 131 cm³/mol. The minimum absolute atomic E-state index is 0.0866. The molecule has 0 fully saturated rings. The smallest absolute Gasteiger partial charge is 0.215 e. The van der Waals surface area contributed by atoms with Gasteiger partial charge in [-0.15, -0.1) is 0 Å². The van der Waals surface area contributed by atoms with Gasteiger partial charge in [-0.2, -0.15) is 0 Å². The fraction of sp³-hybridized carbons (Fsp3) is 0.348. The van der Waals surface area contributed by atoms with Crippen LogP contribution in [0.25, 0.3) is 0 Å². The third-order valence-electron chi connectivity index (χ3n) is 5.52. The van der Waals surface area contributed by atoms with Gasteiger partial charge in [-0.25, -0.2) is 0 Å². The van der Waals surface area contributed by atoms with Crippen LogP contribution in [0.5, 0.6) is 11.5 Å². The maximum atomic E-state index is 12.9. The lowest BCUT2D eigenvalue weighted by atomic mass is 9.79. The van der Waals surface area contributed by atoms with Gasteiger partial charge in [0.2, 0.25) is 5.78 Å². The summed E-state index contributed by atoms with van der Waals surface area (Å²) in [4.78, 5) is 25.7. The molecule has 0 saturated carbocycles. The summed E-state index contributed by atoms with van der Waals surface area (Å²) in [5.41, 5.74) is -0.275. The molecule has 0 radical (unpaired) electrons. The summed E-state index contributed by atoms with van der Waals surface area (Å²) in [6, 6.07) is 10.4. The first-order chi connectivity index (χ1) is 14.1. The van der Waals surface area contributed by atoms with Gasteiger partial charge in [0, 0.05) is 20.4 Å². The van der Waals surface area contributed by atoms with Gasteiger partial charge in [-0.1, -0.05) is 66.0 Å². The van der Waals surface area contributed by atoms with Crippen molar-refractivity contribution in [3.63, 3.8) is 0 Å². The molecule has 0 saturated heterocycles. The van der Waals surface area contributed by atoms with E-state index in [1.165, 1.54) is 0 Å². The molecule has 0 aliphatic carbocycles. The predicted octanol–water partition coefficient (Wildman–Crippen LogP) is 7.86. The van der Waals surface area contributed by atoms with Crippen LogP contribution in [0.2, 0.25) is 0 Å². The first kappa shape index (κ1) is 25.0.